The lowest BCUT2D eigenvalue weighted by Gasteiger charge is -2.11. The first-order valence-corrected chi connectivity index (χ1v) is 8.00. The zero-order valence-electron chi connectivity index (χ0n) is 12.7. The molecule has 1 aromatic carbocycles. The number of rotatable bonds is 5. The SMILES string of the molecule is CCSc1cc(CF)ccc1C(=O)Nc1ccc(C(F)(F)F)cn1. The van der Waals surface area contributed by atoms with Crippen LogP contribution in [0, 0.1) is 0 Å². The Hall–Kier alpha value is -2.09. The fraction of sp³-hybridized carbons (Fsp3) is 0.250. The molecule has 0 unspecified atom stereocenters. The number of nitrogens with one attached hydrogen (secondary N) is 1. The molecule has 1 aromatic heterocycles. The summed E-state index contributed by atoms with van der Waals surface area (Å²) in [6, 6.07) is 6.50. The van der Waals surface area contributed by atoms with Crippen LogP contribution in [0.2, 0.25) is 0 Å². The van der Waals surface area contributed by atoms with E-state index in [4.69, 9.17) is 0 Å². The third kappa shape index (κ3) is 4.47. The van der Waals surface area contributed by atoms with Gasteiger partial charge in [0.05, 0.1) is 11.1 Å². The molecule has 128 valence electrons. The highest BCUT2D eigenvalue weighted by atomic mass is 32.2. The second-order valence-electron chi connectivity index (χ2n) is 4.78. The van der Waals surface area contributed by atoms with Gasteiger partial charge in [0.2, 0.25) is 0 Å². The summed E-state index contributed by atoms with van der Waals surface area (Å²) in [5, 5.41) is 2.45. The number of thioether (sulfide) groups is 1. The summed E-state index contributed by atoms with van der Waals surface area (Å²) >= 11 is 1.38. The molecule has 0 bridgehead atoms. The third-order valence-electron chi connectivity index (χ3n) is 3.08. The van der Waals surface area contributed by atoms with Crippen LogP contribution in [0.25, 0.3) is 0 Å². The topological polar surface area (TPSA) is 42.0 Å². The Morgan fingerprint density at radius 3 is 2.54 bits per heavy atom. The predicted molar refractivity (Wildman–Crippen MR) is 84.8 cm³/mol. The number of hydrogen-bond acceptors (Lipinski definition) is 3. The van der Waals surface area contributed by atoms with Crippen LogP contribution in [0.1, 0.15) is 28.4 Å². The molecule has 1 amide bonds. The molecule has 0 radical (unpaired) electrons. The Labute approximate surface area is 140 Å². The maximum atomic E-state index is 12.7. The lowest BCUT2D eigenvalue weighted by molar-refractivity contribution is -0.137. The summed E-state index contributed by atoms with van der Waals surface area (Å²) in [4.78, 5) is 16.5. The molecule has 2 aromatic rings. The smallest absolute Gasteiger partial charge is 0.307 e. The van der Waals surface area contributed by atoms with Crippen LogP contribution in [-0.2, 0) is 12.9 Å². The van der Waals surface area contributed by atoms with E-state index in [2.05, 4.69) is 10.3 Å². The Balaban J connectivity index is 2.20. The summed E-state index contributed by atoms with van der Waals surface area (Å²) < 4.78 is 50.2. The fourth-order valence-electron chi connectivity index (χ4n) is 1.93. The summed E-state index contributed by atoms with van der Waals surface area (Å²) in [5.74, 6) is 0.188. The van der Waals surface area contributed by atoms with Crippen LogP contribution < -0.4 is 5.32 Å². The lowest BCUT2D eigenvalue weighted by atomic mass is 10.1. The molecule has 1 N–H and O–H groups in total. The van der Waals surface area contributed by atoms with Gasteiger partial charge in [0.25, 0.3) is 5.91 Å². The van der Waals surface area contributed by atoms with E-state index in [0.29, 0.717) is 28.0 Å². The molecule has 0 aliphatic rings. The Morgan fingerprint density at radius 2 is 2.00 bits per heavy atom. The zero-order valence-corrected chi connectivity index (χ0v) is 13.5. The first-order chi connectivity index (χ1) is 11.3. The summed E-state index contributed by atoms with van der Waals surface area (Å²) in [7, 11) is 0. The van der Waals surface area contributed by atoms with Crippen molar-refractivity contribution in [1.29, 1.82) is 0 Å². The predicted octanol–water partition coefficient (Wildman–Crippen LogP) is 4.93. The number of pyridine rings is 1. The molecular formula is C16H14F4N2OS. The number of carbonyl (C=O) groups excluding carboxylic acids is 1. The van der Waals surface area contributed by atoms with Crippen molar-refractivity contribution < 1.29 is 22.4 Å². The number of carbonyl (C=O) groups is 1. The fourth-order valence-corrected chi connectivity index (χ4v) is 2.79. The number of hydrogen-bond donors (Lipinski definition) is 1. The van der Waals surface area contributed by atoms with Crippen molar-refractivity contribution >= 4 is 23.5 Å². The average molecular weight is 358 g/mol. The van der Waals surface area contributed by atoms with Gasteiger partial charge in [-0.25, -0.2) is 9.37 Å². The van der Waals surface area contributed by atoms with E-state index in [-0.39, 0.29) is 5.82 Å². The molecule has 0 fully saturated rings. The van der Waals surface area contributed by atoms with E-state index < -0.39 is 24.3 Å². The first-order valence-electron chi connectivity index (χ1n) is 7.01. The van der Waals surface area contributed by atoms with Crippen LogP contribution in [0.15, 0.2) is 41.4 Å². The normalized spacial score (nSPS) is 11.4. The summed E-state index contributed by atoms with van der Waals surface area (Å²) in [6.45, 7) is 1.26. The van der Waals surface area contributed by atoms with Gasteiger partial charge < -0.3 is 5.32 Å². The van der Waals surface area contributed by atoms with E-state index >= 15 is 0 Å². The second kappa shape index (κ2) is 7.65. The molecule has 24 heavy (non-hydrogen) atoms. The lowest BCUT2D eigenvalue weighted by Crippen LogP contribution is -2.15. The highest BCUT2D eigenvalue weighted by Crippen LogP contribution is 2.29. The molecule has 1 heterocycles. The van der Waals surface area contributed by atoms with Crippen LogP contribution >= 0.6 is 11.8 Å². The molecule has 2 rings (SSSR count). The number of benzene rings is 1. The summed E-state index contributed by atoms with van der Waals surface area (Å²) in [6.07, 6.45) is -3.83. The van der Waals surface area contributed by atoms with Crippen molar-refractivity contribution in [3.05, 3.63) is 53.2 Å². The molecule has 0 atom stereocenters. The molecule has 0 aliphatic carbocycles. The van der Waals surface area contributed by atoms with Crippen LogP contribution in [-0.4, -0.2) is 16.6 Å². The molecule has 0 spiro atoms. The van der Waals surface area contributed by atoms with Gasteiger partial charge in [-0.1, -0.05) is 13.0 Å². The van der Waals surface area contributed by atoms with Gasteiger partial charge in [-0.3, -0.25) is 4.79 Å². The quantitative estimate of drug-likeness (QED) is 0.608. The van der Waals surface area contributed by atoms with E-state index in [1.165, 1.54) is 23.9 Å². The Kier molecular flexibility index (Phi) is 5.82. The molecule has 0 saturated carbocycles. The largest absolute Gasteiger partial charge is 0.417 e. The van der Waals surface area contributed by atoms with Crippen molar-refractivity contribution in [3.63, 3.8) is 0 Å². The van der Waals surface area contributed by atoms with Gasteiger partial charge >= 0.3 is 6.18 Å². The number of amides is 1. The maximum absolute atomic E-state index is 12.7. The highest BCUT2D eigenvalue weighted by Gasteiger charge is 2.30. The van der Waals surface area contributed by atoms with Gasteiger partial charge in [0.1, 0.15) is 12.5 Å². The number of anilines is 1. The number of nitrogens with zero attached hydrogens (tertiary/aromatic N) is 1. The Morgan fingerprint density at radius 1 is 1.25 bits per heavy atom. The number of alkyl halides is 4. The first kappa shape index (κ1) is 18.3. The van der Waals surface area contributed by atoms with Gasteiger partial charge in [-0.05, 0) is 35.6 Å². The van der Waals surface area contributed by atoms with E-state index in [9.17, 15) is 22.4 Å². The molecule has 8 heteroatoms. The van der Waals surface area contributed by atoms with Crippen LogP contribution in [0.3, 0.4) is 0 Å². The van der Waals surface area contributed by atoms with Gasteiger partial charge in [-0.15, -0.1) is 11.8 Å². The monoisotopic (exact) mass is 358 g/mol. The molecule has 3 nitrogen and oxygen atoms in total. The van der Waals surface area contributed by atoms with Crippen molar-refractivity contribution in [1.82, 2.24) is 4.98 Å². The van der Waals surface area contributed by atoms with Gasteiger partial charge in [0.15, 0.2) is 0 Å². The molecule has 0 aliphatic heterocycles. The van der Waals surface area contributed by atoms with Crippen molar-refractivity contribution in [2.24, 2.45) is 0 Å². The van der Waals surface area contributed by atoms with Crippen LogP contribution in [0.5, 0.6) is 0 Å². The van der Waals surface area contributed by atoms with Crippen molar-refractivity contribution in [3.8, 4) is 0 Å². The maximum Gasteiger partial charge on any atom is 0.417 e. The van der Waals surface area contributed by atoms with Crippen molar-refractivity contribution in [2.45, 2.75) is 24.7 Å². The van der Waals surface area contributed by atoms with E-state index in [1.54, 1.807) is 6.07 Å². The highest BCUT2D eigenvalue weighted by molar-refractivity contribution is 7.99. The van der Waals surface area contributed by atoms with E-state index in [1.807, 2.05) is 6.92 Å². The van der Waals surface area contributed by atoms with Crippen molar-refractivity contribution in [2.75, 3.05) is 11.1 Å². The average Bonchev–Trinajstić information content (AvgIpc) is 2.54. The zero-order chi connectivity index (χ0) is 17.7. The summed E-state index contributed by atoms with van der Waals surface area (Å²) in [5.41, 5.74) is -0.120. The molecular weight excluding hydrogens is 344 g/mol. The Bertz CT molecular complexity index is 717. The number of aromatic nitrogens is 1. The standard InChI is InChI=1S/C16H14F4N2OS/c1-2-24-13-7-10(8-17)3-5-12(13)15(23)22-14-6-4-11(9-21-14)16(18,19)20/h3-7,9H,2,8H2,1H3,(H,21,22,23). The second-order valence-corrected chi connectivity index (χ2v) is 6.09. The van der Waals surface area contributed by atoms with Crippen LogP contribution in [0.4, 0.5) is 23.4 Å². The third-order valence-corrected chi connectivity index (χ3v) is 4.01. The van der Waals surface area contributed by atoms with Gasteiger partial charge in [-0.2, -0.15) is 13.2 Å². The van der Waals surface area contributed by atoms with Gasteiger partial charge in [0, 0.05) is 11.1 Å². The number of halogens is 4. The molecule has 0 saturated heterocycles. The minimum absolute atomic E-state index is 0.00927. The minimum Gasteiger partial charge on any atom is -0.307 e. The minimum atomic E-state index is -4.48. The van der Waals surface area contributed by atoms with E-state index in [0.717, 1.165) is 12.1 Å².